The lowest BCUT2D eigenvalue weighted by atomic mass is 10.1. The van der Waals surface area contributed by atoms with Crippen LogP contribution in [0.5, 0.6) is 5.75 Å². The van der Waals surface area contributed by atoms with Gasteiger partial charge in [-0.25, -0.2) is 13.1 Å². The molecule has 2 aromatic rings. The van der Waals surface area contributed by atoms with Gasteiger partial charge >= 0.3 is 0 Å². The lowest BCUT2D eigenvalue weighted by molar-refractivity contribution is 0.102. The first-order chi connectivity index (χ1) is 11.6. The highest BCUT2D eigenvalue weighted by Crippen LogP contribution is 2.21. The van der Waals surface area contributed by atoms with Gasteiger partial charge in [-0.1, -0.05) is 18.2 Å². The van der Waals surface area contributed by atoms with E-state index in [1.54, 1.807) is 57.2 Å². The smallest absolute Gasteiger partial charge is 0.259 e. The number of methoxy groups -OCH3 is 1. The lowest BCUT2D eigenvalue weighted by Gasteiger charge is -2.20. The van der Waals surface area contributed by atoms with Crippen LogP contribution in [0.3, 0.4) is 0 Å². The zero-order valence-electron chi connectivity index (χ0n) is 14.7. The molecule has 1 amide bonds. The second kappa shape index (κ2) is 7.25. The van der Waals surface area contributed by atoms with Crippen molar-refractivity contribution in [2.75, 3.05) is 12.4 Å². The van der Waals surface area contributed by atoms with Crippen LogP contribution < -0.4 is 14.8 Å². The van der Waals surface area contributed by atoms with Crippen LogP contribution in [0.2, 0.25) is 0 Å². The monoisotopic (exact) mass is 362 g/mol. The average molecular weight is 362 g/mol. The molecule has 2 N–H and O–H groups in total. The Labute approximate surface area is 148 Å². The van der Waals surface area contributed by atoms with Gasteiger partial charge in [0.2, 0.25) is 10.0 Å². The Morgan fingerprint density at radius 2 is 1.72 bits per heavy atom. The summed E-state index contributed by atoms with van der Waals surface area (Å²) in [5, 5.41) is 2.70. The quantitative estimate of drug-likeness (QED) is 0.856. The molecule has 0 spiro atoms. The number of sulfonamides is 1. The highest BCUT2D eigenvalue weighted by molar-refractivity contribution is 7.89. The third-order valence-electron chi connectivity index (χ3n) is 3.19. The summed E-state index contributed by atoms with van der Waals surface area (Å²) in [6.45, 7) is 5.29. The van der Waals surface area contributed by atoms with E-state index in [9.17, 15) is 13.2 Å². The van der Waals surface area contributed by atoms with Crippen molar-refractivity contribution in [2.24, 2.45) is 0 Å². The van der Waals surface area contributed by atoms with E-state index in [1.165, 1.54) is 19.2 Å². The van der Waals surface area contributed by atoms with Gasteiger partial charge in [-0.05, 0) is 51.1 Å². The van der Waals surface area contributed by atoms with Crippen LogP contribution >= 0.6 is 0 Å². The second-order valence-corrected chi connectivity index (χ2v) is 8.22. The largest absolute Gasteiger partial charge is 0.496 e. The summed E-state index contributed by atoms with van der Waals surface area (Å²) in [6, 6.07) is 12.9. The Kier molecular flexibility index (Phi) is 5.49. The maximum atomic E-state index is 12.4. The van der Waals surface area contributed by atoms with E-state index in [4.69, 9.17) is 4.74 Å². The lowest BCUT2D eigenvalue weighted by Crippen LogP contribution is -2.40. The molecular weight excluding hydrogens is 340 g/mol. The number of benzene rings is 2. The van der Waals surface area contributed by atoms with Crippen LogP contribution in [-0.4, -0.2) is 27.0 Å². The molecule has 7 heteroatoms. The van der Waals surface area contributed by atoms with Gasteiger partial charge < -0.3 is 10.1 Å². The first-order valence-electron chi connectivity index (χ1n) is 7.71. The molecule has 0 saturated heterocycles. The van der Waals surface area contributed by atoms with Crippen molar-refractivity contribution in [3.63, 3.8) is 0 Å². The molecule has 0 aliphatic carbocycles. The van der Waals surface area contributed by atoms with Crippen LogP contribution in [0, 0.1) is 0 Å². The highest BCUT2D eigenvalue weighted by Gasteiger charge is 2.22. The average Bonchev–Trinajstić information content (AvgIpc) is 2.53. The van der Waals surface area contributed by atoms with Crippen molar-refractivity contribution in [1.29, 1.82) is 0 Å². The molecule has 25 heavy (non-hydrogen) atoms. The first kappa shape index (κ1) is 19.0. The van der Waals surface area contributed by atoms with Crippen LogP contribution in [0.1, 0.15) is 31.1 Å². The third kappa shape index (κ3) is 5.04. The number of rotatable bonds is 5. The van der Waals surface area contributed by atoms with E-state index < -0.39 is 15.6 Å². The topological polar surface area (TPSA) is 84.5 Å². The van der Waals surface area contributed by atoms with Crippen molar-refractivity contribution in [1.82, 2.24) is 4.72 Å². The maximum Gasteiger partial charge on any atom is 0.259 e. The fourth-order valence-electron chi connectivity index (χ4n) is 2.23. The summed E-state index contributed by atoms with van der Waals surface area (Å²) in [5.74, 6) is 0.0638. The number of ether oxygens (including phenoxy) is 1. The van der Waals surface area contributed by atoms with Crippen LogP contribution in [0.4, 0.5) is 5.69 Å². The molecule has 2 rings (SSSR count). The van der Waals surface area contributed by atoms with Gasteiger partial charge in [0.25, 0.3) is 5.91 Å². The minimum Gasteiger partial charge on any atom is -0.496 e. The van der Waals surface area contributed by atoms with E-state index in [1.807, 2.05) is 0 Å². The van der Waals surface area contributed by atoms with E-state index in [2.05, 4.69) is 10.0 Å². The number of carbonyl (C=O) groups is 1. The number of anilines is 1. The van der Waals surface area contributed by atoms with Crippen LogP contribution in [0.25, 0.3) is 0 Å². The van der Waals surface area contributed by atoms with E-state index in [-0.39, 0.29) is 10.8 Å². The molecule has 0 fully saturated rings. The number of hydrogen-bond donors (Lipinski definition) is 2. The normalized spacial score (nSPS) is 11.8. The third-order valence-corrected chi connectivity index (χ3v) is 4.95. The van der Waals surface area contributed by atoms with Crippen LogP contribution in [-0.2, 0) is 10.0 Å². The Morgan fingerprint density at radius 1 is 1.04 bits per heavy atom. The Morgan fingerprint density at radius 3 is 2.36 bits per heavy atom. The molecule has 0 bridgehead atoms. The molecule has 0 unspecified atom stereocenters. The summed E-state index contributed by atoms with van der Waals surface area (Å²) >= 11 is 0. The second-order valence-electron chi connectivity index (χ2n) is 6.54. The molecule has 134 valence electrons. The Bertz CT molecular complexity index is 871. The van der Waals surface area contributed by atoms with Crippen LogP contribution in [0.15, 0.2) is 53.4 Å². The molecule has 0 aromatic heterocycles. The Hall–Kier alpha value is -2.38. The SMILES string of the molecule is COc1ccccc1C(=O)Nc1cccc(S(=O)(=O)NC(C)(C)C)c1. The maximum absolute atomic E-state index is 12.4. The number of hydrogen-bond acceptors (Lipinski definition) is 4. The first-order valence-corrected chi connectivity index (χ1v) is 9.19. The van der Waals surface area contributed by atoms with Gasteiger partial charge in [-0.2, -0.15) is 0 Å². The zero-order valence-corrected chi connectivity index (χ0v) is 15.5. The molecule has 0 aliphatic heterocycles. The molecule has 0 heterocycles. The molecule has 2 aromatic carbocycles. The van der Waals surface area contributed by atoms with Gasteiger partial charge in [0.15, 0.2) is 0 Å². The fraction of sp³-hybridized carbons (Fsp3) is 0.278. The molecule has 6 nitrogen and oxygen atoms in total. The zero-order chi connectivity index (χ0) is 18.7. The van der Waals surface area contributed by atoms with Crippen molar-refractivity contribution in [3.8, 4) is 5.75 Å². The minimum absolute atomic E-state index is 0.0836. The summed E-state index contributed by atoms with van der Waals surface area (Å²) in [7, 11) is -2.20. The van der Waals surface area contributed by atoms with Gasteiger partial charge in [-0.3, -0.25) is 4.79 Å². The molecule has 0 radical (unpaired) electrons. The van der Waals surface area contributed by atoms with Gasteiger partial charge in [0.05, 0.1) is 17.6 Å². The fourth-order valence-corrected chi connectivity index (χ4v) is 3.70. The predicted octanol–water partition coefficient (Wildman–Crippen LogP) is 3.02. The summed E-state index contributed by atoms with van der Waals surface area (Å²) in [6.07, 6.45) is 0. The number of para-hydroxylation sites is 1. The Balaban J connectivity index is 2.26. The van der Waals surface area contributed by atoms with Gasteiger partial charge in [0, 0.05) is 11.2 Å². The molecule has 0 saturated carbocycles. The van der Waals surface area contributed by atoms with Crippen molar-refractivity contribution in [2.45, 2.75) is 31.2 Å². The van der Waals surface area contributed by atoms with Crippen molar-refractivity contribution in [3.05, 3.63) is 54.1 Å². The summed E-state index contributed by atoms with van der Waals surface area (Å²) < 4.78 is 32.6. The highest BCUT2D eigenvalue weighted by atomic mass is 32.2. The number of nitrogens with one attached hydrogen (secondary N) is 2. The van der Waals surface area contributed by atoms with Crippen molar-refractivity contribution >= 4 is 21.6 Å². The van der Waals surface area contributed by atoms with E-state index >= 15 is 0 Å². The molecular formula is C18H22N2O4S. The van der Waals surface area contributed by atoms with E-state index in [0.29, 0.717) is 17.0 Å². The van der Waals surface area contributed by atoms with Gasteiger partial charge in [-0.15, -0.1) is 0 Å². The predicted molar refractivity (Wildman–Crippen MR) is 97.5 cm³/mol. The minimum atomic E-state index is -3.68. The molecule has 0 aliphatic rings. The standard InChI is InChI=1S/C18H22N2O4S/c1-18(2,3)20-25(22,23)14-9-7-8-13(12-14)19-17(21)15-10-5-6-11-16(15)24-4/h5-12,20H,1-4H3,(H,19,21). The summed E-state index contributed by atoms with van der Waals surface area (Å²) in [5.41, 5.74) is 0.147. The molecule has 0 atom stereocenters. The number of amides is 1. The van der Waals surface area contributed by atoms with Crippen molar-refractivity contribution < 1.29 is 17.9 Å². The summed E-state index contributed by atoms with van der Waals surface area (Å²) in [4.78, 5) is 12.5. The number of carbonyl (C=O) groups excluding carboxylic acids is 1. The van der Waals surface area contributed by atoms with Gasteiger partial charge in [0.1, 0.15) is 5.75 Å². The van der Waals surface area contributed by atoms with E-state index in [0.717, 1.165) is 0 Å².